The summed E-state index contributed by atoms with van der Waals surface area (Å²) in [5.41, 5.74) is 1.23. The molecular weight excluding hydrogens is 224 g/mol. The van der Waals surface area contributed by atoms with Gasteiger partial charge in [-0.2, -0.15) is 0 Å². The SMILES string of the molecule is CCN1CCC(CNCc2ccc(O)cc2)CC1. The van der Waals surface area contributed by atoms with E-state index in [4.69, 9.17) is 0 Å². The average Bonchev–Trinajstić information content (AvgIpc) is 2.42. The summed E-state index contributed by atoms with van der Waals surface area (Å²) in [5.74, 6) is 1.16. The Labute approximate surface area is 110 Å². The van der Waals surface area contributed by atoms with Crippen LogP contribution in [0.1, 0.15) is 25.3 Å². The average molecular weight is 248 g/mol. The number of hydrogen-bond acceptors (Lipinski definition) is 3. The minimum Gasteiger partial charge on any atom is -0.508 e. The molecule has 100 valence electrons. The van der Waals surface area contributed by atoms with Crippen LogP contribution < -0.4 is 5.32 Å². The molecule has 0 amide bonds. The highest BCUT2D eigenvalue weighted by Crippen LogP contribution is 2.16. The molecule has 2 N–H and O–H groups in total. The van der Waals surface area contributed by atoms with Gasteiger partial charge in [-0.05, 0) is 62.6 Å². The fourth-order valence-electron chi connectivity index (χ4n) is 2.54. The van der Waals surface area contributed by atoms with Crippen LogP contribution in [-0.4, -0.2) is 36.2 Å². The molecule has 1 aromatic rings. The molecule has 1 heterocycles. The Morgan fingerprint density at radius 2 is 1.89 bits per heavy atom. The third-order valence-electron chi connectivity index (χ3n) is 3.85. The maximum Gasteiger partial charge on any atom is 0.115 e. The summed E-state index contributed by atoms with van der Waals surface area (Å²) in [5, 5.41) is 12.7. The summed E-state index contributed by atoms with van der Waals surface area (Å²) in [6.45, 7) is 7.94. The number of nitrogens with one attached hydrogen (secondary N) is 1. The van der Waals surface area contributed by atoms with E-state index in [0.29, 0.717) is 5.75 Å². The largest absolute Gasteiger partial charge is 0.508 e. The lowest BCUT2D eigenvalue weighted by Crippen LogP contribution is -2.36. The van der Waals surface area contributed by atoms with Crippen molar-refractivity contribution in [3.63, 3.8) is 0 Å². The summed E-state index contributed by atoms with van der Waals surface area (Å²) >= 11 is 0. The van der Waals surface area contributed by atoms with Gasteiger partial charge in [0.2, 0.25) is 0 Å². The standard InChI is InChI=1S/C15H24N2O/c1-2-17-9-7-14(8-10-17)12-16-11-13-3-5-15(18)6-4-13/h3-6,14,16,18H,2,7-12H2,1H3. The number of aromatic hydroxyl groups is 1. The second kappa shape index (κ2) is 6.76. The molecule has 0 spiro atoms. The van der Waals surface area contributed by atoms with Crippen LogP contribution in [-0.2, 0) is 6.54 Å². The van der Waals surface area contributed by atoms with Crippen molar-refractivity contribution in [2.45, 2.75) is 26.3 Å². The van der Waals surface area contributed by atoms with Gasteiger partial charge >= 0.3 is 0 Å². The number of rotatable bonds is 5. The Bertz CT molecular complexity index is 342. The molecule has 0 saturated carbocycles. The topological polar surface area (TPSA) is 35.5 Å². The van der Waals surface area contributed by atoms with Gasteiger partial charge in [-0.15, -0.1) is 0 Å². The van der Waals surface area contributed by atoms with Gasteiger partial charge in [0.1, 0.15) is 5.75 Å². The van der Waals surface area contributed by atoms with Gasteiger partial charge in [-0.25, -0.2) is 0 Å². The summed E-state index contributed by atoms with van der Waals surface area (Å²) in [6.07, 6.45) is 2.63. The summed E-state index contributed by atoms with van der Waals surface area (Å²) in [6, 6.07) is 7.44. The fourth-order valence-corrected chi connectivity index (χ4v) is 2.54. The lowest BCUT2D eigenvalue weighted by atomic mass is 9.97. The molecule has 1 aliphatic heterocycles. The molecule has 18 heavy (non-hydrogen) atoms. The molecule has 2 rings (SSSR count). The van der Waals surface area contributed by atoms with Crippen LogP contribution in [0.4, 0.5) is 0 Å². The Morgan fingerprint density at radius 3 is 2.50 bits per heavy atom. The first kappa shape index (κ1) is 13.4. The quantitative estimate of drug-likeness (QED) is 0.838. The zero-order valence-corrected chi connectivity index (χ0v) is 11.2. The van der Waals surface area contributed by atoms with E-state index >= 15 is 0 Å². The predicted molar refractivity (Wildman–Crippen MR) is 74.7 cm³/mol. The molecule has 0 aliphatic carbocycles. The van der Waals surface area contributed by atoms with Crippen LogP contribution in [0.25, 0.3) is 0 Å². The first-order chi connectivity index (χ1) is 8.78. The van der Waals surface area contributed by atoms with Crippen molar-refractivity contribution in [3.8, 4) is 5.75 Å². The number of likely N-dealkylation sites (tertiary alicyclic amines) is 1. The molecule has 0 radical (unpaired) electrons. The van der Waals surface area contributed by atoms with Gasteiger partial charge in [-0.3, -0.25) is 0 Å². The molecule has 0 bridgehead atoms. The second-order valence-corrected chi connectivity index (χ2v) is 5.17. The third kappa shape index (κ3) is 4.00. The van der Waals surface area contributed by atoms with Crippen molar-refractivity contribution >= 4 is 0 Å². The molecule has 0 unspecified atom stereocenters. The molecule has 1 saturated heterocycles. The lowest BCUT2D eigenvalue weighted by Gasteiger charge is -2.31. The van der Waals surface area contributed by atoms with E-state index in [0.717, 1.165) is 19.0 Å². The van der Waals surface area contributed by atoms with Gasteiger partial charge in [0.25, 0.3) is 0 Å². The van der Waals surface area contributed by atoms with Crippen LogP contribution in [0.15, 0.2) is 24.3 Å². The first-order valence-electron chi connectivity index (χ1n) is 6.99. The van der Waals surface area contributed by atoms with Gasteiger partial charge in [0, 0.05) is 6.54 Å². The van der Waals surface area contributed by atoms with E-state index in [1.165, 1.54) is 38.0 Å². The fraction of sp³-hybridized carbons (Fsp3) is 0.600. The Balaban J connectivity index is 1.65. The molecule has 3 nitrogen and oxygen atoms in total. The number of benzene rings is 1. The van der Waals surface area contributed by atoms with E-state index in [1.54, 1.807) is 12.1 Å². The van der Waals surface area contributed by atoms with Crippen LogP contribution in [0.2, 0.25) is 0 Å². The lowest BCUT2D eigenvalue weighted by molar-refractivity contribution is 0.190. The van der Waals surface area contributed by atoms with E-state index < -0.39 is 0 Å². The Morgan fingerprint density at radius 1 is 1.22 bits per heavy atom. The van der Waals surface area contributed by atoms with Crippen molar-refractivity contribution in [2.24, 2.45) is 5.92 Å². The van der Waals surface area contributed by atoms with E-state index in [2.05, 4.69) is 17.1 Å². The molecule has 1 fully saturated rings. The zero-order chi connectivity index (χ0) is 12.8. The second-order valence-electron chi connectivity index (χ2n) is 5.17. The van der Waals surface area contributed by atoms with Crippen LogP contribution in [0.3, 0.4) is 0 Å². The van der Waals surface area contributed by atoms with Crippen LogP contribution in [0, 0.1) is 5.92 Å². The highest BCUT2D eigenvalue weighted by Gasteiger charge is 2.17. The first-order valence-corrected chi connectivity index (χ1v) is 6.99. The minimum atomic E-state index is 0.339. The number of phenolic OH excluding ortho intramolecular Hbond substituents is 1. The van der Waals surface area contributed by atoms with Crippen LogP contribution >= 0.6 is 0 Å². The van der Waals surface area contributed by atoms with Gasteiger partial charge in [0.05, 0.1) is 0 Å². The number of hydrogen-bond donors (Lipinski definition) is 2. The van der Waals surface area contributed by atoms with Crippen molar-refractivity contribution in [1.29, 1.82) is 0 Å². The van der Waals surface area contributed by atoms with Crippen molar-refractivity contribution in [1.82, 2.24) is 10.2 Å². The van der Waals surface area contributed by atoms with E-state index in [-0.39, 0.29) is 0 Å². The number of piperidine rings is 1. The molecule has 0 atom stereocenters. The van der Waals surface area contributed by atoms with Crippen molar-refractivity contribution in [2.75, 3.05) is 26.2 Å². The van der Waals surface area contributed by atoms with Crippen LogP contribution in [0.5, 0.6) is 5.75 Å². The zero-order valence-electron chi connectivity index (χ0n) is 11.2. The summed E-state index contributed by atoms with van der Waals surface area (Å²) in [7, 11) is 0. The smallest absolute Gasteiger partial charge is 0.115 e. The summed E-state index contributed by atoms with van der Waals surface area (Å²) in [4.78, 5) is 2.52. The van der Waals surface area contributed by atoms with E-state index in [9.17, 15) is 5.11 Å². The monoisotopic (exact) mass is 248 g/mol. The van der Waals surface area contributed by atoms with Crippen molar-refractivity contribution in [3.05, 3.63) is 29.8 Å². The van der Waals surface area contributed by atoms with Gasteiger partial charge in [0.15, 0.2) is 0 Å². The molecule has 0 aromatic heterocycles. The summed E-state index contributed by atoms with van der Waals surface area (Å²) < 4.78 is 0. The Hall–Kier alpha value is -1.06. The normalized spacial score (nSPS) is 18.1. The third-order valence-corrected chi connectivity index (χ3v) is 3.85. The molecule has 1 aromatic carbocycles. The van der Waals surface area contributed by atoms with Crippen molar-refractivity contribution < 1.29 is 5.11 Å². The number of nitrogens with zero attached hydrogens (tertiary/aromatic N) is 1. The maximum atomic E-state index is 9.21. The predicted octanol–water partition coefficient (Wildman–Crippen LogP) is 2.21. The minimum absolute atomic E-state index is 0.339. The molecular formula is C15H24N2O. The highest BCUT2D eigenvalue weighted by molar-refractivity contribution is 5.25. The maximum absolute atomic E-state index is 9.21. The van der Waals surface area contributed by atoms with Gasteiger partial charge in [-0.1, -0.05) is 19.1 Å². The molecule has 3 heteroatoms. The van der Waals surface area contributed by atoms with Gasteiger partial charge < -0.3 is 15.3 Å². The number of phenols is 1. The van der Waals surface area contributed by atoms with E-state index in [1.807, 2.05) is 12.1 Å². The molecule has 1 aliphatic rings. The highest BCUT2D eigenvalue weighted by atomic mass is 16.3. The Kier molecular flexibility index (Phi) is 5.02.